The molecule has 0 amide bonds. The number of benzene rings is 1. The summed E-state index contributed by atoms with van der Waals surface area (Å²) in [7, 11) is 0. The number of tetrazole rings is 1. The molecule has 156 valence electrons. The summed E-state index contributed by atoms with van der Waals surface area (Å²) < 4.78 is 2.80. The van der Waals surface area contributed by atoms with E-state index in [1.807, 2.05) is 37.3 Å². The van der Waals surface area contributed by atoms with E-state index in [1.54, 1.807) is 0 Å². The van der Waals surface area contributed by atoms with Crippen molar-refractivity contribution in [1.82, 2.24) is 29.3 Å². The number of hydrogen-bond acceptors (Lipinski definition) is 6. The zero-order valence-corrected chi connectivity index (χ0v) is 17.4. The molecule has 0 saturated heterocycles. The van der Waals surface area contributed by atoms with Crippen LogP contribution in [0.1, 0.15) is 36.7 Å². The molecule has 0 unspecified atom stereocenters. The Morgan fingerprint density at radius 2 is 1.87 bits per heavy atom. The third-order valence-electron chi connectivity index (χ3n) is 4.93. The van der Waals surface area contributed by atoms with Crippen molar-refractivity contribution in [2.45, 2.75) is 52.2 Å². The predicted octanol–water partition coefficient (Wildman–Crippen LogP) is 1.91. The van der Waals surface area contributed by atoms with Gasteiger partial charge in [-0.05, 0) is 23.6 Å². The molecule has 0 spiro atoms. The van der Waals surface area contributed by atoms with Gasteiger partial charge in [0.25, 0.3) is 5.56 Å². The van der Waals surface area contributed by atoms with Gasteiger partial charge in [0, 0.05) is 25.9 Å². The molecule has 0 radical (unpaired) electrons. The molecule has 0 aliphatic carbocycles. The van der Waals surface area contributed by atoms with Gasteiger partial charge in [-0.3, -0.25) is 13.9 Å². The van der Waals surface area contributed by atoms with E-state index >= 15 is 0 Å². The third kappa shape index (κ3) is 4.11. The van der Waals surface area contributed by atoms with Crippen LogP contribution in [0.25, 0.3) is 0 Å². The molecule has 30 heavy (non-hydrogen) atoms. The Hall–Kier alpha value is -3.07. The summed E-state index contributed by atoms with van der Waals surface area (Å²) in [5.74, 6) is 1.03. The van der Waals surface area contributed by atoms with Crippen LogP contribution in [-0.2, 0) is 32.5 Å². The number of nitrogens with zero attached hydrogens (tertiary/aromatic N) is 7. The van der Waals surface area contributed by atoms with Crippen LogP contribution in [0, 0.1) is 0 Å². The van der Waals surface area contributed by atoms with E-state index in [4.69, 9.17) is 11.6 Å². The summed E-state index contributed by atoms with van der Waals surface area (Å²) in [6, 6.07) is 9.93. The van der Waals surface area contributed by atoms with Gasteiger partial charge < -0.3 is 0 Å². The smallest absolute Gasteiger partial charge is 0.278 e. The largest absolute Gasteiger partial charge is 0.332 e. The first kappa shape index (κ1) is 20.2. The minimum atomic E-state index is -0.355. The number of aromatic nitrogens is 6. The molecular weight excluding hydrogens is 406 g/mol. The fourth-order valence-corrected chi connectivity index (χ4v) is 3.75. The van der Waals surface area contributed by atoms with Crippen molar-refractivity contribution in [1.29, 1.82) is 0 Å². The van der Waals surface area contributed by atoms with Crippen molar-refractivity contribution in [2.75, 3.05) is 0 Å². The molecule has 0 fully saturated rings. The lowest BCUT2D eigenvalue weighted by Gasteiger charge is -2.13. The summed E-state index contributed by atoms with van der Waals surface area (Å²) in [4.78, 5) is 31.4. The lowest BCUT2D eigenvalue weighted by molar-refractivity contribution is 0.449. The molecular formula is C20H22ClN7O2. The van der Waals surface area contributed by atoms with Gasteiger partial charge in [0.05, 0.1) is 12.1 Å². The van der Waals surface area contributed by atoms with Gasteiger partial charge in [-0.1, -0.05) is 48.9 Å². The molecule has 0 atom stereocenters. The maximum absolute atomic E-state index is 12.9. The highest BCUT2D eigenvalue weighted by Crippen LogP contribution is 2.23. The van der Waals surface area contributed by atoms with Crippen molar-refractivity contribution < 1.29 is 0 Å². The van der Waals surface area contributed by atoms with Crippen LogP contribution < -0.4 is 11.2 Å². The Morgan fingerprint density at radius 3 is 2.63 bits per heavy atom. The summed E-state index contributed by atoms with van der Waals surface area (Å²) >= 11 is 6.03. The summed E-state index contributed by atoms with van der Waals surface area (Å²) in [5, 5.41) is 12.9. The van der Waals surface area contributed by atoms with Crippen molar-refractivity contribution in [3.8, 4) is 0 Å². The van der Waals surface area contributed by atoms with Gasteiger partial charge in [-0.15, -0.1) is 10.2 Å². The Balaban J connectivity index is 1.46. The van der Waals surface area contributed by atoms with Gasteiger partial charge >= 0.3 is 5.69 Å². The summed E-state index contributed by atoms with van der Waals surface area (Å²) in [6.45, 7) is 3.18. The van der Waals surface area contributed by atoms with E-state index < -0.39 is 0 Å². The predicted molar refractivity (Wildman–Crippen MR) is 114 cm³/mol. The Labute approximate surface area is 177 Å². The molecule has 0 N–H and O–H groups in total. The number of hydrogen-bond donors (Lipinski definition) is 0. The molecule has 1 aliphatic rings. The van der Waals surface area contributed by atoms with E-state index in [9.17, 15) is 9.59 Å². The number of aryl methyl sites for hydroxylation is 1. The van der Waals surface area contributed by atoms with Crippen molar-refractivity contribution in [3.05, 3.63) is 68.1 Å². The average molecular weight is 428 g/mol. The molecule has 0 saturated carbocycles. The molecule has 3 aromatic rings. The SMILES string of the molecule is CCCn1c2c(c(=O)n(CCCn3nnc(Cc4ccccc4)n3)c1=O)CC(Cl)=N2. The zero-order chi connectivity index (χ0) is 21.1. The zero-order valence-electron chi connectivity index (χ0n) is 16.7. The van der Waals surface area contributed by atoms with Crippen LogP contribution in [0.5, 0.6) is 0 Å². The van der Waals surface area contributed by atoms with Crippen molar-refractivity contribution >= 4 is 22.6 Å². The van der Waals surface area contributed by atoms with E-state index in [-0.39, 0.29) is 24.2 Å². The maximum Gasteiger partial charge on any atom is 0.332 e. The number of fused-ring (bicyclic) bond motifs is 1. The van der Waals surface area contributed by atoms with Crippen molar-refractivity contribution in [3.63, 3.8) is 0 Å². The highest BCUT2D eigenvalue weighted by atomic mass is 35.5. The molecule has 1 aromatic carbocycles. The monoisotopic (exact) mass is 427 g/mol. The molecule has 2 aromatic heterocycles. The molecule has 0 bridgehead atoms. The standard InChI is InChI=1S/C20H22ClN7O2/c1-2-9-26-18-15(13-16(21)22-18)19(29)27(20(26)30)10-6-11-28-24-17(23-25-28)12-14-7-4-3-5-8-14/h3-5,7-8H,2,6,9-13H2,1H3. The second-order valence-corrected chi connectivity index (χ2v) is 7.61. The van der Waals surface area contributed by atoms with E-state index in [0.717, 1.165) is 12.0 Å². The summed E-state index contributed by atoms with van der Waals surface area (Å²) in [5.41, 5.74) is 0.918. The minimum absolute atomic E-state index is 0.266. The topological polar surface area (TPSA) is 100.0 Å². The van der Waals surface area contributed by atoms with Crippen LogP contribution in [0.15, 0.2) is 44.9 Å². The molecule has 9 nitrogen and oxygen atoms in total. The normalized spacial score (nSPS) is 12.8. The van der Waals surface area contributed by atoms with Gasteiger partial charge in [-0.2, -0.15) is 4.80 Å². The van der Waals surface area contributed by atoms with E-state index in [1.165, 1.54) is 13.9 Å². The number of aliphatic imine (C=N–C) groups is 1. The molecule has 3 heterocycles. The van der Waals surface area contributed by atoms with Crippen LogP contribution >= 0.6 is 11.6 Å². The Morgan fingerprint density at radius 1 is 1.07 bits per heavy atom. The van der Waals surface area contributed by atoms with Gasteiger partial charge in [0.2, 0.25) is 0 Å². The fraction of sp³-hybridized carbons (Fsp3) is 0.400. The van der Waals surface area contributed by atoms with Gasteiger partial charge in [-0.25, -0.2) is 9.79 Å². The van der Waals surface area contributed by atoms with Crippen LogP contribution in [-0.4, -0.2) is 34.5 Å². The third-order valence-corrected chi connectivity index (χ3v) is 5.15. The lowest BCUT2D eigenvalue weighted by atomic mass is 10.1. The highest BCUT2D eigenvalue weighted by molar-refractivity contribution is 6.66. The Kier molecular flexibility index (Phi) is 5.89. The first-order valence-electron chi connectivity index (χ1n) is 9.97. The van der Waals surface area contributed by atoms with Gasteiger partial charge in [0.15, 0.2) is 5.82 Å². The first-order chi connectivity index (χ1) is 14.6. The molecule has 1 aliphatic heterocycles. The lowest BCUT2D eigenvalue weighted by Crippen LogP contribution is -2.41. The first-order valence-corrected chi connectivity index (χ1v) is 10.3. The summed E-state index contributed by atoms with van der Waals surface area (Å²) in [6.07, 6.45) is 2.15. The molecule has 10 heteroatoms. The fourth-order valence-electron chi connectivity index (χ4n) is 3.54. The molecule has 4 rings (SSSR count). The quantitative estimate of drug-likeness (QED) is 0.546. The maximum atomic E-state index is 12.9. The van der Waals surface area contributed by atoms with Crippen LogP contribution in [0.3, 0.4) is 0 Å². The average Bonchev–Trinajstić information content (AvgIpc) is 3.35. The number of halogens is 1. The van der Waals surface area contributed by atoms with Crippen LogP contribution in [0.2, 0.25) is 0 Å². The van der Waals surface area contributed by atoms with Crippen LogP contribution in [0.4, 0.5) is 5.82 Å². The van der Waals surface area contributed by atoms with Crippen molar-refractivity contribution in [2.24, 2.45) is 4.99 Å². The van der Waals surface area contributed by atoms with Gasteiger partial charge in [0.1, 0.15) is 11.0 Å². The number of rotatable bonds is 8. The minimum Gasteiger partial charge on any atom is -0.278 e. The second kappa shape index (κ2) is 8.74. The highest BCUT2D eigenvalue weighted by Gasteiger charge is 2.24. The second-order valence-electron chi connectivity index (χ2n) is 7.18. The van der Waals surface area contributed by atoms with E-state index in [0.29, 0.717) is 48.3 Å². The Bertz CT molecular complexity index is 1190. The van der Waals surface area contributed by atoms with E-state index in [2.05, 4.69) is 20.4 Å².